The van der Waals surface area contributed by atoms with E-state index in [9.17, 15) is 18.0 Å². The van der Waals surface area contributed by atoms with Gasteiger partial charge in [-0.15, -0.1) is 0 Å². The number of amides is 2. The molecule has 0 spiro atoms. The van der Waals surface area contributed by atoms with Gasteiger partial charge >= 0.3 is 0 Å². The van der Waals surface area contributed by atoms with Crippen LogP contribution in [-0.2, 0) is 26.2 Å². The highest BCUT2D eigenvalue weighted by atomic mass is 32.2. The van der Waals surface area contributed by atoms with Crippen molar-refractivity contribution in [3.05, 3.63) is 65.2 Å². The summed E-state index contributed by atoms with van der Waals surface area (Å²) in [5.74, 6) is -0.590. The molecule has 1 N–H and O–H groups in total. The van der Waals surface area contributed by atoms with Crippen molar-refractivity contribution < 1.29 is 18.0 Å². The van der Waals surface area contributed by atoms with E-state index in [-0.39, 0.29) is 25.0 Å². The number of anilines is 1. The van der Waals surface area contributed by atoms with Crippen LogP contribution in [-0.4, -0.2) is 50.0 Å². The maximum Gasteiger partial charge on any atom is 0.244 e. The summed E-state index contributed by atoms with van der Waals surface area (Å²) in [5.41, 5.74) is 3.14. The van der Waals surface area contributed by atoms with Crippen LogP contribution < -0.4 is 9.62 Å². The molecule has 0 saturated heterocycles. The Bertz CT molecular complexity index is 1110. The standard InChI is InChI=1S/C27H37N3O4S/c1-5-25(27(32)28-23-13-9-10-14-23)29(18-22-11-7-6-8-12-22)26(31)19-30(35(4,33)34)24-16-20(2)15-21(3)17-24/h6-8,11-12,15-17,23,25H,5,9-10,13-14,18-19H2,1-4H3,(H,28,32)/t25-/m0/s1. The summed E-state index contributed by atoms with van der Waals surface area (Å²) >= 11 is 0. The number of hydrogen-bond acceptors (Lipinski definition) is 4. The predicted molar refractivity (Wildman–Crippen MR) is 140 cm³/mol. The van der Waals surface area contributed by atoms with E-state index in [1.807, 2.05) is 57.2 Å². The summed E-state index contributed by atoms with van der Waals surface area (Å²) in [5, 5.41) is 3.12. The van der Waals surface area contributed by atoms with Gasteiger partial charge in [0.15, 0.2) is 0 Å². The number of benzene rings is 2. The van der Waals surface area contributed by atoms with Crippen molar-refractivity contribution in [1.29, 1.82) is 0 Å². The Kier molecular flexibility index (Phi) is 8.94. The van der Waals surface area contributed by atoms with Gasteiger partial charge in [0.2, 0.25) is 21.8 Å². The minimum atomic E-state index is -3.74. The van der Waals surface area contributed by atoms with Crippen molar-refractivity contribution >= 4 is 27.5 Å². The van der Waals surface area contributed by atoms with Gasteiger partial charge < -0.3 is 10.2 Å². The van der Waals surface area contributed by atoms with Crippen LogP contribution in [0, 0.1) is 13.8 Å². The third kappa shape index (κ3) is 7.31. The zero-order chi connectivity index (χ0) is 25.6. The van der Waals surface area contributed by atoms with Crippen LogP contribution >= 0.6 is 0 Å². The number of carbonyl (C=O) groups excluding carboxylic acids is 2. The van der Waals surface area contributed by atoms with Crippen LogP contribution in [0.3, 0.4) is 0 Å². The zero-order valence-corrected chi connectivity index (χ0v) is 22.0. The molecule has 0 aromatic heterocycles. The first kappa shape index (κ1) is 26.7. The molecule has 2 amide bonds. The van der Waals surface area contributed by atoms with E-state index in [0.717, 1.165) is 52.9 Å². The molecule has 0 heterocycles. The van der Waals surface area contributed by atoms with Crippen LogP contribution in [0.2, 0.25) is 0 Å². The average Bonchev–Trinajstić information content (AvgIpc) is 3.29. The van der Waals surface area contributed by atoms with E-state index >= 15 is 0 Å². The molecule has 1 fully saturated rings. The van der Waals surface area contributed by atoms with Crippen molar-refractivity contribution in [2.45, 2.75) is 71.5 Å². The number of nitrogens with zero attached hydrogens (tertiary/aromatic N) is 2. The zero-order valence-electron chi connectivity index (χ0n) is 21.2. The predicted octanol–water partition coefficient (Wildman–Crippen LogP) is 3.94. The second kappa shape index (κ2) is 11.7. The molecule has 7 nitrogen and oxygen atoms in total. The summed E-state index contributed by atoms with van der Waals surface area (Å²) in [6.45, 7) is 5.51. The van der Waals surface area contributed by atoms with Crippen LogP contribution in [0.15, 0.2) is 48.5 Å². The van der Waals surface area contributed by atoms with Gasteiger partial charge in [0.25, 0.3) is 0 Å². The van der Waals surface area contributed by atoms with Crippen LogP contribution in [0.1, 0.15) is 55.7 Å². The molecule has 0 aliphatic heterocycles. The minimum absolute atomic E-state index is 0.132. The molecule has 0 radical (unpaired) electrons. The largest absolute Gasteiger partial charge is 0.352 e. The number of aryl methyl sites for hydroxylation is 2. The van der Waals surface area contributed by atoms with Gasteiger partial charge in [0.05, 0.1) is 11.9 Å². The number of rotatable bonds is 10. The Labute approximate surface area is 209 Å². The highest BCUT2D eigenvalue weighted by molar-refractivity contribution is 7.92. The summed E-state index contributed by atoms with van der Waals surface area (Å²) in [7, 11) is -3.74. The van der Waals surface area contributed by atoms with Crippen molar-refractivity contribution in [2.24, 2.45) is 0 Å². The molecule has 35 heavy (non-hydrogen) atoms. The topological polar surface area (TPSA) is 86.8 Å². The van der Waals surface area contributed by atoms with Gasteiger partial charge in [0, 0.05) is 12.6 Å². The lowest BCUT2D eigenvalue weighted by Crippen LogP contribution is -2.53. The second-order valence-electron chi connectivity index (χ2n) is 9.54. The molecule has 0 bridgehead atoms. The SMILES string of the molecule is CC[C@@H](C(=O)NC1CCCC1)N(Cc1ccccc1)C(=O)CN(c1cc(C)cc(C)c1)S(C)(=O)=O. The molecule has 1 atom stereocenters. The van der Waals surface area contributed by atoms with E-state index in [1.54, 1.807) is 12.1 Å². The second-order valence-corrected chi connectivity index (χ2v) is 11.4. The van der Waals surface area contributed by atoms with Gasteiger partial charge in [-0.05, 0) is 61.9 Å². The third-order valence-electron chi connectivity index (χ3n) is 6.46. The Balaban J connectivity index is 1.92. The number of sulfonamides is 1. The first-order valence-corrected chi connectivity index (χ1v) is 14.1. The Hall–Kier alpha value is -2.87. The van der Waals surface area contributed by atoms with Gasteiger partial charge in [-0.1, -0.05) is 56.2 Å². The fourth-order valence-corrected chi connectivity index (χ4v) is 5.61. The van der Waals surface area contributed by atoms with Crippen LogP contribution in [0.5, 0.6) is 0 Å². The molecule has 0 unspecified atom stereocenters. The molecule has 8 heteroatoms. The Morgan fingerprint density at radius 1 is 1.03 bits per heavy atom. The lowest BCUT2D eigenvalue weighted by atomic mass is 10.1. The first-order chi connectivity index (χ1) is 16.6. The summed E-state index contributed by atoms with van der Waals surface area (Å²) in [4.78, 5) is 28.5. The van der Waals surface area contributed by atoms with Crippen molar-refractivity contribution in [1.82, 2.24) is 10.2 Å². The Morgan fingerprint density at radius 3 is 2.17 bits per heavy atom. The molecule has 2 aromatic carbocycles. The normalized spacial score (nSPS) is 15.0. The van der Waals surface area contributed by atoms with E-state index in [4.69, 9.17) is 0 Å². The van der Waals surface area contributed by atoms with E-state index in [0.29, 0.717) is 12.1 Å². The number of carbonyl (C=O) groups is 2. The van der Waals surface area contributed by atoms with Crippen molar-refractivity contribution in [3.63, 3.8) is 0 Å². The molecule has 1 aliphatic rings. The number of nitrogens with one attached hydrogen (secondary N) is 1. The molecular weight excluding hydrogens is 462 g/mol. The van der Waals surface area contributed by atoms with Crippen molar-refractivity contribution in [3.8, 4) is 0 Å². The molecular formula is C27H37N3O4S. The maximum absolute atomic E-state index is 13.7. The van der Waals surface area contributed by atoms with Gasteiger partial charge in [-0.3, -0.25) is 13.9 Å². The van der Waals surface area contributed by atoms with Gasteiger partial charge in [-0.2, -0.15) is 0 Å². The third-order valence-corrected chi connectivity index (χ3v) is 7.60. The molecule has 190 valence electrons. The molecule has 1 saturated carbocycles. The smallest absolute Gasteiger partial charge is 0.244 e. The lowest BCUT2D eigenvalue weighted by molar-refractivity contribution is -0.140. The number of hydrogen-bond donors (Lipinski definition) is 1. The van der Waals surface area contributed by atoms with Gasteiger partial charge in [0.1, 0.15) is 12.6 Å². The minimum Gasteiger partial charge on any atom is -0.352 e. The molecule has 1 aliphatic carbocycles. The Morgan fingerprint density at radius 2 is 1.63 bits per heavy atom. The van der Waals surface area contributed by atoms with E-state index < -0.39 is 22.0 Å². The average molecular weight is 500 g/mol. The van der Waals surface area contributed by atoms with Crippen LogP contribution in [0.4, 0.5) is 5.69 Å². The summed E-state index contributed by atoms with van der Waals surface area (Å²) < 4.78 is 26.6. The van der Waals surface area contributed by atoms with E-state index in [1.165, 1.54) is 4.90 Å². The summed E-state index contributed by atoms with van der Waals surface area (Å²) in [6.07, 6.45) is 5.61. The molecule has 3 rings (SSSR count). The van der Waals surface area contributed by atoms with Gasteiger partial charge in [-0.25, -0.2) is 8.42 Å². The quantitative estimate of drug-likeness (QED) is 0.537. The monoisotopic (exact) mass is 499 g/mol. The molecule has 2 aromatic rings. The fourth-order valence-electron chi connectivity index (χ4n) is 4.78. The van der Waals surface area contributed by atoms with Crippen molar-refractivity contribution in [2.75, 3.05) is 17.1 Å². The lowest BCUT2D eigenvalue weighted by Gasteiger charge is -2.33. The van der Waals surface area contributed by atoms with Crippen LogP contribution in [0.25, 0.3) is 0 Å². The highest BCUT2D eigenvalue weighted by Gasteiger charge is 2.33. The maximum atomic E-state index is 13.7. The first-order valence-electron chi connectivity index (χ1n) is 12.3. The fraction of sp³-hybridized carbons (Fsp3) is 0.481. The summed E-state index contributed by atoms with van der Waals surface area (Å²) in [6, 6.07) is 14.4. The highest BCUT2D eigenvalue weighted by Crippen LogP contribution is 2.23. The van der Waals surface area contributed by atoms with E-state index in [2.05, 4.69) is 5.32 Å².